The van der Waals surface area contributed by atoms with E-state index in [1.807, 2.05) is 24.3 Å². The van der Waals surface area contributed by atoms with Crippen molar-refractivity contribution in [2.45, 2.75) is 19.3 Å². The second kappa shape index (κ2) is 5.96. The van der Waals surface area contributed by atoms with Crippen LogP contribution in [0.25, 0.3) is 0 Å². The zero-order chi connectivity index (χ0) is 12.0. The van der Waals surface area contributed by atoms with Crippen LogP contribution in [0.2, 0.25) is 0 Å². The van der Waals surface area contributed by atoms with E-state index < -0.39 is 0 Å². The van der Waals surface area contributed by atoms with Crippen LogP contribution in [0, 0.1) is 0 Å². The number of benzene rings is 1. The third kappa shape index (κ3) is 2.86. The van der Waals surface area contributed by atoms with Gasteiger partial charge in [0, 0.05) is 0 Å². The fraction of sp³-hybridized carbons (Fsp3) is 0.200. The summed E-state index contributed by atoms with van der Waals surface area (Å²) in [6, 6.07) is 3.84. The van der Waals surface area contributed by atoms with Gasteiger partial charge in [-0.05, 0) is 42.0 Å². The quantitative estimate of drug-likeness (QED) is 0.718. The van der Waals surface area contributed by atoms with Crippen molar-refractivity contribution in [3.05, 3.63) is 66.8 Å². The van der Waals surface area contributed by atoms with Crippen LogP contribution < -0.4 is 0 Å². The summed E-state index contributed by atoms with van der Waals surface area (Å²) in [7, 11) is 0. The van der Waals surface area contributed by atoms with Crippen molar-refractivity contribution < 1.29 is 5.11 Å². The SMILES string of the molecule is C=CCc1cc(CC=C)c(CC=C)cc1O. The summed E-state index contributed by atoms with van der Waals surface area (Å²) in [5, 5.41) is 9.83. The first-order valence-electron chi connectivity index (χ1n) is 5.39. The van der Waals surface area contributed by atoms with Crippen molar-refractivity contribution in [2.75, 3.05) is 0 Å². The molecule has 1 rings (SSSR count). The first kappa shape index (κ1) is 12.3. The first-order chi connectivity index (χ1) is 7.72. The van der Waals surface area contributed by atoms with Crippen molar-refractivity contribution in [3.8, 4) is 5.75 Å². The molecule has 1 aromatic carbocycles. The van der Waals surface area contributed by atoms with Gasteiger partial charge in [0.05, 0.1) is 0 Å². The summed E-state index contributed by atoms with van der Waals surface area (Å²) in [6.07, 6.45) is 7.77. The van der Waals surface area contributed by atoms with Gasteiger partial charge in [-0.15, -0.1) is 19.7 Å². The standard InChI is InChI=1S/C15H18O/c1-4-7-12-10-14(9-6-3)15(16)11-13(12)8-5-2/h4-6,10-11,16H,1-3,7-9H2. The summed E-state index contributed by atoms with van der Waals surface area (Å²) in [4.78, 5) is 0. The highest BCUT2D eigenvalue weighted by molar-refractivity contribution is 5.44. The smallest absolute Gasteiger partial charge is 0.119 e. The Morgan fingerprint density at radius 2 is 1.25 bits per heavy atom. The molecule has 0 radical (unpaired) electrons. The van der Waals surface area contributed by atoms with Crippen molar-refractivity contribution in [1.82, 2.24) is 0 Å². The van der Waals surface area contributed by atoms with Crippen LogP contribution in [0.5, 0.6) is 5.75 Å². The van der Waals surface area contributed by atoms with Crippen molar-refractivity contribution in [2.24, 2.45) is 0 Å². The third-order valence-electron chi connectivity index (χ3n) is 2.49. The molecule has 0 aliphatic rings. The molecule has 0 spiro atoms. The molecule has 0 heterocycles. The van der Waals surface area contributed by atoms with Crippen LogP contribution in [0.3, 0.4) is 0 Å². The maximum absolute atomic E-state index is 9.83. The Labute approximate surface area is 97.4 Å². The Balaban J connectivity index is 3.17. The fourth-order valence-corrected chi connectivity index (χ4v) is 1.74. The molecule has 0 aromatic heterocycles. The highest BCUT2D eigenvalue weighted by Crippen LogP contribution is 2.24. The lowest BCUT2D eigenvalue weighted by Crippen LogP contribution is -1.95. The number of hydrogen-bond donors (Lipinski definition) is 1. The van der Waals surface area contributed by atoms with Crippen LogP contribution in [-0.4, -0.2) is 5.11 Å². The van der Waals surface area contributed by atoms with E-state index in [0.717, 1.165) is 24.0 Å². The highest BCUT2D eigenvalue weighted by Gasteiger charge is 2.06. The summed E-state index contributed by atoms with van der Waals surface area (Å²) < 4.78 is 0. The molecule has 0 bridgehead atoms. The van der Waals surface area contributed by atoms with E-state index in [0.29, 0.717) is 12.2 Å². The normalized spacial score (nSPS) is 9.75. The molecule has 1 N–H and O–H groups in total. The van der Waals surface area contributed by atoms with Crippen molar-refractivity contribution in [1.29, 1.82) is 0 Å². The molecule has 16 heavy (non-hydrogen) atoms. The fourth-order valence-electron chi connectivity index (χ4n) is 1.74. The molecule has 1 heteroatoms. The lowest BCUT2D eigenvalue weighted by molar-refractivity contribution is 0.469. The van der Waals surface area contributed by atoms with Crippen molar-refractivity contribution >= 4 is 0 Å². The summed E-state index contributed by atoms with van der Waals surface area (Å²) in [5.74, 6) is 0.338. The minimum atomic E-state index is 0.338. The van der Waals surface area contributed by atoms with E-state index in [1.54, 1.807) is 6.08 Å². The zero-order valence-electron chi connectivity index (χ0n) is 9.58. The Morgan fingerprint density at radius 3 is 1.75 bits per heavy atom. The second-order valence-electron chi connectivity index (χ2n) is 3.73. The number of allylic oxidation sites excluding steroid dienone is 3. The summed E-state index contributed by atoms with van der Waals surface area (Å²) in [5.41, 5.74) is 3.23. The van der Waals surface area contributed by atoms with Gasteiger partial charge in [-0.1, -0.05) is 24.3 Å². The summed E-state index contributed by atoms with van der Waals surface area (Å²) in [6.45, 7) is 11.2. The van der Waals surface area contributed by atoms with E-state index in [4.69, 9.17) is 0 Å². The number of phenolic OH excluding ortho intramolecular Hbond substituents is 1. The van der Waals surface area contributed by atoms with Gasteiger partial charge in [-0.3, -0.25) is 0 Å². The van der Waals surface area contributed by atoms with E-state index in [9.17, 15) is 5.11 Å². The number of hydrogen-bond acceptors (Lipinski definition) is 1. The van der Waals surface area contributed by atoms with Gasteiger partial charge in [0.2, 0.25) is 0 Å². The third-order valence-corrected chi connectivity index (χ3v) is 2.49. The molecule has 0 saturated carbocycles. The molecule has 1 nitrogen and oxygen atoms in total. The monoisotopic (exact) mass is 214 g/mol. The Hall–Kier alpha value is -1.76. The van der Waals surface area contributed by atoms with Crippen LogP contribution in [-0.2, 0) is 19.3 Å². The number of aromatic hydroxyl groups is 1. The van der Waals surface area contributed by atoms with Gasteiger partial charge in [0.15, 0.2) is 0 Å². The molecule has 0 fully saturated rings. The van der Waals surface area contributed by atoms with Crippen LogP contribution in [0.4, 0.5) is 0 Å². The lowest BCUT2D eigenvalue weighted by Gasteiger charge is -2.10. The van der Waals surface area contributed by atoms with E-state index in [-0.39, 0.29) is 0 Å². The Kier molecular flexibility index (Phi) is 4.59. The summed E-state index contributed by atoms with van der Waals surface area (Å²) >= 11 is 0. The van der Waals surface area contributed by atoms with Gasteiger partial charge in [-0.25, -0.2) is 0 Å². The molecule has 0 saturated heterocycles. The van der Waals surface area contributed by atoms with Gasteiger partial charge in [0.1, 0.15) is 5.75 Å². The van der Waals surface area contributed by atoms with Gasteiger partial charge in [0.25, 0.3) is 0 Å². The highest BCUT2D eigenvalue weighted by atomic mass is 16.3. The maximum atomic E-state index is 9.83. The average Bonchev–Trinajstić information content (AvgIpc) is 2.25. The molecule has 0 unspecified atom stereocenters. The van der Waals surface area contributed by atoms with Crippen LogP contribution >= 0.6 is 0 Å². The lowest BCUT2D eigenvalue weighted by atomic mass is 9.97. The maximum Gasteiger partial charge on any atom is 0.119 e. The average molecular weight is 214 g/mol. The topological polar surface area (TPSA) is 20.2 Å². The van der Waals surface area contributed by atoms with Crippen LogP contribution in [0.1, 0.15) is 16.7 Å². The van der Waals surface area contributed by atoms with Gasteiger partial charge < -0.3 is 5.11 Å². The second-order valence-corrected chi connectivity index (χ2v) is 3.73. The van der Waals surface area contributed by atoms with Gasteiger partial charge in [-0.2, -0.15) is 0 Å². The molecular formula is C15H18O. The number of rotatable bonds is 6. The zero-order valence-corrected chi connectivity index (χ0v) is 9.58. The molecule has 0 atom stereocenters. The van der Waals surface area contributed by atoms with E-state index >= 15 is 0 Å². The molecule has 1 aromatic rings. The molecular weight excluding hydrogens is 196 g/mol. The predicted octanol–water partition coefficient (Wildman–Crippen LogP) is 3.58. The minimum absolute atomic E-state index is 0.338. The molecule has 84 valence electrons. The Bertz CT molecular complexity index is 402. The molecule has 0 aliphatic carbocycles. The first-order valence-corrected chi connectivity index (χ1v) is 5.39. The van der Waals surface area contributed by atoms with Gasteiger partial charge >= 0.3 is 0 Å². The van der Waals surface area contributed by atoms with E-state index in [1.165, 1.54) is 5.56 Å². The van der Waals surface area contributed by atoms with Crippen LogP contribution in [0.15, 0.2) is 50.1 Å². The largest absolute Gasteiger partial charge is 0.508 e. The molecule has 0 aliphatic heterocycles. The van der Waals surface area contributed by atoms with Crippen molar-refractivity contribution in [3.63, 3.8) is 0 Å². The number of phenols is 1. The molecule has 0 amide bonds. The Morgan fingerprint density at radius 1 is 0.812 bits per heavy atom. The van der Waals surface area contributed by atoms with E-state index in [2.05, 4.69) is 19.7 Å². The minimum Gasteiger partial charge on any atom is -0.508 e. The predicted molar refractivity (Wildman–Crippen MR) is 69.8 cm³/mol.